The van der Waals surface area contributed by atoms with Crippen LogP contribution in [-0.2, 0) is 6.42 Å². The fraction of sp³-hybridized carbons (Fsp3) is 0.0833. The maximum atomic E-state index is 13.3. The SMILES string of the molecule is CCc1ccc2nc(-c3ccc(Cl)cc3)cc(C(=O)Nc3cccc(Cl)c3Cl)c2c1. The summed E-state index contributed by atoms with van der Waals surface area (Å²) in [7, 11) is 0. The van der Waals surface area contributed by atoms with Crippen molar-refractivity contribution in [2.75, 3.05) is 5.32 Å². The second-order valence-electron chi connectivity index (χ2n) is 6.82. The number of hydrogen-bond acceptors (Lipinski definition) is 2. The fourth-order valence-corrected chi connectivity index (χ4v) is 3.71. The summed E-state index contributed by atoms with van der Waals surface area (Å²) < 4.78 is 0. The van der Waals surface area contributed by atoms with Crippen molar-refractivity contribution < 1.29 is 4.79 Å². The third kappa shape index (κ3) is 4.15. The minimum absolute atomic E-state index is 0.282. The molecule has 0 fully saturated rings. The molecule has 0 saturated heterocycles. The molecule has 0 saturated carbocycles. The van der Waals surface area contributed by atoms with Crippen LogP contribution in [0.25, 0.3) is 22.2 Å². The van der Waals surface area contributed by atoms with Crippen LogP contribution in [0.1, 0.15) is 22.8 Å². The quantitative estimate of drug-likeness (QED) is 0.343. The van der Waals surface area contributed by atoms with Crippen LogP contribution in [0, 0.1) is 0 Å². The Balaban J connectivity index is 1.85. The Kier molecular flexibility index (Phi) is 5.96. The molecule has 0 aliphatic carbocycles. The number of aryl methyl sites for hydroxylation is 1. The highest BCUT2D eigenvalue weighted by Crippen LogP contribution is 2.31. The fourth-order valence-electron chi connectivity index (χ4n) is 3.24. The van der Waals surface area contributed by atoms with Crippen LogP contribution in [0.4, 0.5) is 5.69 Å². The van der Waals surface area contributed by atoms with E-state index in [2.05, 4.69) is 12.2 Å². The molecule has 4 aromatic rings. The van der Waals surface area contributed by atoms with Crippen molar-refractivity contribution in [3.8, 4) is 11.3 Å². The first-order valence-corrected chi connectivity index (χ1v) is 10.5. The van der Waals surface area contributed by atoms with Gasteiger partial charge in [-0.25, -0.2) is 4.98 Å². The molecule has 30 heavy (non-hydrogen) atoms. The zero-order valence-electron chi connectivity index (χ0n) is 16.0. The number of aromatic nitrogens is 1. The molecule has 0 spiro atoms. The van der Waals surface area contributed by atoms with Gasteiger partial charge in [0.15, 0.2) is 0 Å². The van der Waals surface area contributed by atoms with E-state index in [1.807, 2.05) is 30.3 Å². The lowest BCUT2D eigenvalue weighted by molar-refractivity contribution is 0.102. The van der Waals surface area contributed by atoms with Crippen LogP contribution in [0.15, 0.2) is 66.7 Å². The Labute approximate surface area is 189 Å². The molecular weight excluding hydrogens is 439 g/mol. The molecule has 3 nitrogen and oxygen atoms in total. The van der Waals surface area contributed by atoms with E-state index in [4.69, 9.17) is 39.8 Å². The predicted octanol–water partition coefficient (Wildman–Crippen LogP) is 7.68. The van der Waals surface area contributed by atoms with Crippen molar-refractivity contribution in [1.29, 1.82) is 0 Å². The van der Waals surface area contributed by atoms with Crippen molar-refractivity contribution in [3.63, 3.8) is 0 Å². The Morgan fingerprint density at radius 1 is 0.967 bits per heavy atom. The number of nitrogens with one attached hydrogen (secondary N) is 1. The molecule has 3 aromatic carbocycles. The molecule has 150 valence electrons. The topological polar surface area (TPSA) is 42.0 Å². The summed E-state index contributed by atoms with van der Waals surface area (Å²) in [5.41, 5.74) is 4.39. The van der Waals surface area contributed by atoms with Gasteiger partial charge in [-0.05, 0) is 54.4 Å². The van der Waals surface area contributed by atoms with Crippen LogP contribution in [-0.4, -0.2) is 10.9 Å². The molecular formula is C24H17Cl3N2O. The van der Waals surface area contributed by atoms with E-state index in [0.29, 0.717) is 32.0 Å². The number of hydrogen-bond donors (Lipinski definition) is 1. The highest BCUT2D eigenvalue weighted by Gasteiger charge is 2.16. The van der Waals surface area contributed by atoms with Crippen molar-refractivity contribution in [2.24, 2.45) is 0 Å². The van der Waals surface area contributed by atoms with Gasteiger partial charge in [0.25, 0.3) is 5.91 Å². The second-order valence-corrected chi connectivity index (χ2v) is 8.04. The highest BCUT2D eigenvalue weighted by atomic mass is 35.5. The maximum Gasteiger partial charge on any atom is 0.256 e. The van der Waals surface area contributed by atoms with Gasteiger partial charge in [0.05, 0.1) is 32.5 Å². The number of carbonyl (C=O) groups is 1. The summed E-state index contributed by atoms with van der Waals surface area (Å²) in [6.45, 7) is 2.07. The first-order valence-electron chi connectivity index (χ1n) is 9.41. The van der Waals surface area contributed by atoms with E-state index in [9.17, 15) is 4.79 Å². The summed E-state index contributed by atoms with van der Waals surface area (Å²) in [5, 5.41) is 4.98. The zero-order valence-corrected chi connectivity index (χ0v) is 18.3. The van der Waals surface area contributed by atoms with Crippen molar-refractivity contribution in [3.05, 3.63) is 92.9 Å². The number of rotatable bonds is 4. The van der Waals surface area contributed by atoms with E-state index in [-0.39, 0.29) is 5.91 Å². The van der Waals surface area contributed by atoms with Crippen LogP contribution in [0.3, 0.4) is 0 Å². The molecule has 1 N–H and O–H groups in total. The monoisotopic (exact) mass is 454 g/mol. The lowest BCUT2D eigenvalue weighted by Gasteiger charge is -2.13. The number of carbonyl (C=O) groups excluding carboxylic acids is 1. The van der Waals surface area contributed by atoms with Gasteiger partial charge in [-0.2, -0.15) is 0 Å². The van der Waals surface area contributed by atoms with E-state index in [0.717, 1.165) is 28.5 Å². The standard InChI is InChI=1S/C24H17Cl3N2O/c1-2-14-6-11-20-17(12-14)18(13-22(28-20)15-7-9-16(25)10-8-15)24(30)29-21-5-3-4-19(26)23(21)27/h3-13H,2H2,1H3,(H,29,30). The molecule has 0 aliphatic heterocycles. The molecule has 1 heterocycles. The number of anilines is 1. The molecule has 0 atom stereocenters. The normalized spacial score (nSPS) is 10.9. The average molecular weight is 456 g/mol. The molecule has 6 heteroatoms. The van der Waals surface area contributed by atoms with E-state index < -0.39 is 0 Å². The Morgan fingerprint density at radius 3 is 2.47 bits per heavy atom. The van der Waals surface area contributed by atoms with Crippen molar-refractivity contribution in [2.45, 2.75) is 13.3 Å². The van der Waals surface area contributed by atoms with Gasteiger partial charge in [-0.15, -0.1) is 0 Å². The van der Waals surface area contributed by atoms with E-state index in [1.165, 1.54) is 0 Å². The minimum atomic E-state index is -0.282. The number of pyridine rings is 1. The van der Waals surface area contributed by atoms with E-state index in [1.54, 1.807) is 36.4 Å². The van der Waals surface area contributed by atoms with Crippen molar-refractivity contribution in [1.82, 2.24) is 4.98 Å². The lowest BCUT2D eigenvalue weighted by Crippen LogP contribution is -2.13. The molecule has 0 unspecified atom stereocenters. The molecule has 0 aliphatic rings. The van der Waals surface area contributed by atoms with Gasteiger partial charge in [-0.3, -0.25) is 4.79 Å². The Bertz CT molecular complexity index is 1250. The molecule has 0 bridgehead atoms. The predicted molar refractivity (Wildman–Crippen MR) is 126 cm³/mol. The summed E-state index contributed by atoms with van der Waals surface area (Å²) in [6, 6.07) is 20.2. The Hall–Kier alpha value is -2.59. The molecule has 1 aromatic heterocycles. The number of nitrogens with zero attached hydrogens (tertiary/aromatic N) is 1. The van der Waals surface area contributed by atoms with Gasteiger partial charge < -0.3 is 5.32 Å². The number of halogens is 3. The van der Waals surface area contributed by atoms with Gasteiger partial charge >= 0.3 is 0 Å². The summed E-state index contributed by atoms with van der Waals surface area (Å²) >= 11 is 18.4. The van der Waals surface area contributed by atoms with E-state index >= 15 is 0 Å². The van der Waals surface area contributed by atoms with Crippen LogP contribution < -0.4 is 5.32 Å². The van der Waals surface area contributed by atoms with Gasteiger partial charge in [0, 0.05) is 16.0 Å². The number of benzene rings is 3. The van der Waals surface area contributed by atoms with Crippen LogP contribution in [0.5, 0.6) is 0 Å². The first-order chi connectivity index (χ1) is 14.5. The van der Waals surface area contributed by atoms with Crippen molar-refractivity contribution >= 4 is 57.3 Å². The molecule has 1 amide bonds. The number of amides is 1. The Morgan fingerprint density at radius 2 is 1.73 bits per heavy atom. The van der Waals surface area contributed by atoms with Gasteiger partial charge in [0.2, 0.25) is 0 Å². The van der Waals surface area contributed by atoms with Gasteiger partial charge in [0.1, 0.15) is 0 Å². The maximum absolute atomic E-state index is 13.3. The average Bonchev–Trinajstić information content (AvgIpc) is 2.76. The highest BCUT2D eigenvalue weighted by molar-refractivity contribution is 6.44. The van der Waals surface area contributed by atoms with Crippen LogP contribution in [0.2, 0.25) is 15.1 Å². The van der Waals surface area contributed by atoms with Gasteiger partial charge in [-0.1, -0.05) is 66.0 Å². The minimum Gasteiger partial charge on any atom is -0.321 e. The molecule has 4 rings (SSSR count). The third-order valence-corrected chi connectivity index (χ3v) is 5.94. The molecule has 0 radical (unpaired) electrons. The zero-order chi connectivity index (χ0) is 21.3. The van der Waals surface area contributed by atoms with Crippen LogP contribution >= 0.6 is 34.8 Å². The largest absolute Gasteiger partial charge is 0.321 e. The summed E-state index contributed by atoms with van der Waals surface area (Å²) in [4.78, 5) is 18.0. The smallest absolute Gasteiger partial charge is 0.256 e. The second kappa shape index (κ2) is 8.65. The summed E-state index contributed by atoms with van der Waals surface area (Å²) in [6.07, 6.45) is 0.857. The summed E-state index contributed by atoms with van der Waals surface area (Å²) in [5.74, 6) is -0.282. The number of fused-ring (bicyclic) bond motifs is 1. The first kappa shape index (κ1) is 20.7. The lowest BCUT2D eigenvalue weighted by atomic mass is 10.0. The third-order valence-electron chi connectivity index (χ3n) is 4.87.